The molecule has 3 rings (SSSR count). The highest BCUT2D eigenvalue weighted by molar-refractivity contribution is 7.98. The van der Waals surface area contributed by atoms with Gasteiger partial charge in [0.25, 0.3) is 5.91 Å². The van der Waals surface area contributed by atoms with Crippen molar-refractivity contribution in [1.29, 1.82) is 0 Å². The maximum absolute atomic E-state index is 12.8. The molecule has 9 heteroatoms. The maximum Gasteiger partial charge on any atom is 0.273 e. The third-order valence-corrected chi connectivity index (χ3v) is 5.95. The fraction of sp³-hybridized carbons (Fsp3) is 0.409. The lowest BCUT2D eigenvalue weighted by Crippen LogP contribution is -2.26. The average Bonchev–Trinajstić information content (AvgIpc) is 3.11. The zero-order valence-corrected chi connectivity index (χ0v) is 20.0. The molecule has 0 aliphatic heterocycles. The minimum Gasteiger partial charge on any atom is -0.351 e. The summed E-state index contributed by atoms with van der Waals surface area (Å²) >= 11 is 7.77. The van der Waals surface area contributed by atoms with E-state index in [9.17, 15) is 4.79 Å². The summed E-state index contributed by atoms with van der Waals surface area (Å²) in [5, 5.41) is 12.7. The van der Waals surface area contributed by atoms with Gasteiger partial charge in [0.05, 0.1) is 11.4 Å². The molecule has 0 atom stereocenters. The lowest BCUT2D eigenvalue weighted by molar-refractivity contribution is 0.0946. The Morgan fingerprint density at radius 1 is 1.16 bits per heavy atom. The first-order valence-electron chi connectivity index (χ1n) is 10.2. The van der Waals surface area contributed by atoms with Crippen molar-refractivity contribution in [3.05, 3.63) is 57.6 Å². The zero-order chi connectivity index (χ0) is 22.5. The number of amides is 1. The van der Waals surface area contributed by atoms with Gasteiger partial charge in [-0.15, -0.1) is 5.10 Å². The van der Waals surface area contributed by atoms with E-state index in [1.165, 1.54) is 11.8 Å². The van der Waals surface area contributed by atoms with Crippen molar-refractivity contribution in [3.63, 3.8) is 0 Å². The van der Waals surface area contributed by atoms with Gasteiger partial charge >= 0.3 is 0 Å². The van der Waals surface area contributed by atoms with Gasteiger partial charge in [0, 0.05) is 28.7 Å². The third kappa shape index (κ3) is 6.04. The Morgan fingerprint density at radius 2 is 1.87 bits per heavy atom. The molecule has 1 amide bonds. The van der Waals surface area contributed by atoms with Crippen molar-refractivity contribution >= 4 is 29.3 Å². The van der Waals surface area contributed by atoms with Crippen molar-refractivity contribution in [2.75, 3.05) is 6.54 Å². The highest BCUT2D eigenvalue weighted by Crippen LogP contribution is 2.25. The maximum atomic E-state index is 12.8. The van der Waals surface area contributed by atoms with E-state index in [-0.39, 0.29) is 5.91 Å². The standard InChI is InChI=1S/C22H27ClN6OS/c1-13(2)8-9-24-21(30)20-19(12-31-22-25-15(4)10-16(5)26-22)29(28-27-20)17-7-6-14(3)18(23)11-17/h6-7,10-11,13H,8-9,12H2,1-5H3,(H,24,30). The highest BCUT2D eigenvalue weighted by Gasteiger charge is 2.21. The van der Waals surface area contributed by atoms with Gasteiger partial charge in [-0.25, -0.2) is 14.6 Å². The van der Waals surface area contributed by atoms with Crippen molar-refractivity contribution in [3.8, 4) is 5.69 Å². The van der Waals surface area contributed by atoms with Crippen LogP contribution in [0.1, 0.15) is 53.4 Å². The second kappa shape index (κ2) is 10.2. The molecule has 1 N–H and O–H groups in total. The average molecular weight is 459 g/mol. The molecule has 2 aromatic heterocycles. The molecular formula is C22H27ClN6OS. The van der Waals surface area contributed by atoms with Crippen LogP contribution >= 0.6 is 23.4 Å². The Morgan fingerprint density at radius 3 is 2.52 bits per heavy atom. The summed E-state index contributed by atoms with van der Waals surface area (Å²) in [6.45, 7) is 10.6. The predicted molar refractivity (Wildman–Crippen MR) is 124 cm³/mol. The molecule has 0 fully saturated rings. The molecule has 0 bridgehead atoms. The summed E-state index contributed by atoms with van der Waals surface area (Å²) < 4.78 is 1.67. The Kier molecular flexibility index (Phi) is 7.67. The van der Waals surface area contributed by atoms with Crippen LogP contribution in [0.3, 0.4) is 0 Å². The third-order valence-electron chi connectivity index (χ3n) is 4.69. The van der Waals surface area contributed by atoms with Gasteiger partial charge in [-0.1, -0.05) is 48.5 Å². The van der Waals surface area contributed by atoms with Crippen LogP contribution in [-0.2, 0) is 5.75 Å². The molecule has 0 radical (unpaired) electrons. The van der Waals surface area contributed by atoms with Crippen LogP contribution in [0.4, 0.5) is 0 Å². The number of nitrogens with zero attached hydrogens (tertiary/aromatic N) is 5. The Hall–Kier alpha value is -2.45. The van der Waals surface area contributed by atoms with Gasteiger partial charge in [0.2, 0.25) is 0 Å². The van der Waals surface area contributed by atoms with E-state index < -0.39 is 0 Å². The zero-order valence-electron chi connectivity index (χ0n) is 18.4. The lowest BCUT2D eigenvalue weighted by Gasteiger charge is -2.10. The van der Waals surface area contributed by atoms with E-state index in [1.54, 1.807) is 4.68 Å². The fourth-order valence-electron chi connectivity index (χ4n) is 2.98. The minimum absolute atomic E-state index is 0.234. The van der Waals surface area contributed by atoms with E-state index in [0.717, 1.165) is 29.1 Å². The van der Waals surface area contributed by atoms with Crippen molar-refractivity contribution in [1.82, 2.24) is 30.3 Å². The van der Waals surface area contributed by atoms with E-state index in [0.29, 0.717) is 39.8 Å². The van der Waals surface area contributed by atoms with Crippen molar-refractivity contribution in [2.24, 2.45) is 5.92 Å². The van der Waals surface area contributed by atoms with Crippen LogP contribution in [0.25, 0.3) is 5.69 Å². The smallest absolute Gasteiger partial charge is 0.273 e. The van der Waals surface area contributed by atoms with E-state index in [2.05, 4.69) is 39.4 Å². The van der Waals surface area contributed by atoms with Crippen LogP contribution in [-0.4, -0.2) is 37.4 Å². The van der Waals surface area contributed by atoms with E-state index >= 15 is 0 Å². The summed E-state index contributed by atoms with van der Waals surface area (Å²) in [6.07, 6.45) is 0.897. The SMILES string of the molecule is Cc1cc(C)nc(SCc2c(C(=O)NCCC(C)C)nnn2-c2ccc(C)c(Cl)c2)n1. The number of rotatable bonds is 8. The van der Waals surface area contributed by atoms with Crippen LogP contribution < -0.4 is 5.32 Å². The van der Waals surface area contributed by atoms with Gasteiger partial charge in [0.15, 0.2) is 10.9 Å². The normalized spacial score (nSPS) is 11.2. The summed E-state index contributed by atoms with van der Waals surface area (Å²) in [7, 11) is 0. The number of carbonyl (C=O) groups is 1. The van der Waals surface area contributed by atoms with Gasteiger partial charge in [-0.2, -0.15) is 0 Å². The quantitative estimate of drug-likeness (QED) is 0.389. The van der Waals surface area contributed by atoms with Crippen LogP contribution in [0.2, 0.25) is 5.02 Å². The Balaban J connectivity index is 1.92. The summed E-state index contributed by atoms with van der Waals surface area (Å²) in [5.74, 6) is 0.707. The number of hydrogen-bond donors (Lipinski definition) is 1. The molecule has 31 heavy (non-hydrogen) atoms. The highest BCUT2D eigenvalue weighted by atomic mass is 35.5. The molecule has 0 spiro atoms. The van der Waals surface area contributed by atoms with Crippen molar-refractivity contribution < 1.29 is 4.79 Å². The first kappa shape index (κ1) is 23.2. The Bertz CT molecular complexity index is 1060. The number of halogens is 1. The lowest BCUT2D eigenvalue weighted by atomic mass is 10.1. The molecule has 2 heterocycles. The van der Waals surface area contributed by atoms with Gasteiger partial charge in [-0.05, 0) is 56.9 Å². The Labute approximate surface area is 192 Å². The number of aromatic nitrogens is 5. The summed E-state index contributed by atoms with van der Waals surface area (Å²) in [4.78, 5) is 21.8. The second-order valence-electron chi connectivity index (χ2n) is 7.89. The van der Waals surface area contributed by atoms with Crippen LogP contribution in [0, 0.1) is 26.7 Å². The second-order valence-corrected chi connectivity index (χ2v) is 9.24. The molecule has 0 unspecified atom stereocenters. The summed E-state index contributed by atoms with van der Waals surface area (Å²) in [5.41, 5.74) is 4.50. The fourth-order valence-corrected chi connectivity index (χ4v) is 4.09. The van der Waals surface area contributed by atoms with Gasteiger partial charge < -0.3 is 5.32 Å². The number of hydrogen-bond acceptors (Lipinski definition) is 6. The number of carbonyl (C=O) groups excluding carboxylic acids is 1. The van der Waals surface area contributed by atoms with Crippen molar-refractivity contribution in [2.45, 2.75) is 51.9 Å². The molecule has 0 saturated heterocycles. The molecule has 0 aliphatic rings. The van der Waals surface area contributed by atoms with Crippen LogP contribution in [0.5, 0.6) is 0 Å². The minimum atomic E-state index is -0.234. The first-order valence-corrected chi connectivity index (χ1v) is 11.6. The topological polar surface area (TPSA) is 85.6 Å². The molecule has 1 aromatic carbocycles. The van der Waals surface area contributed by atoms with E-state index in [4.69, 9.17) is 11.6 Å². The monoisotopic (exact) mass is 458 g/mol. The predicted octanol–water partition coefficient (Wildman–Crippen LogP) is 4.70. The first-order chi connectivity index (χ1) is 14.7. The molecular weight excluding hydrogens is 432 g/mol. The van der Waals surface area contributed by atoms with E-state index in [1.807, 2.05) is 45.0 Å². The number of thioether (sulfide) groups is 1. The molecule has 164 valence electrons. The molecule has 3 aromatic rings. The molecule has 0 saturated carbocycles. The number of nitrogens with one attached hydrogen (secondary N) is 1. The van der Waals surface area contributed by atoms with Gasteiger partial charge in [0.1, 0.15) is 0 Å². The number of aryl methyl sites for hydroxylation is 3. The largest absolute Gasteiger partial charge is 0.351 e. The number of benzene rings is 1. The molecule has 7 nitrogen and oxygen atoms in total. The van der Waals surface area contributed by atoms with Gasteiger partial charge in [-0.3, -0.25) is 4.79 Å². The summed E-state index contributed by atoms with van der Waals surface area (Å²) in [6, 6.07) is 7.59. The van der Waals surface area contributed by atoms with Crippen LogP contribution in [0.15, 0.2) is 29.4 Å². The molecule has 0 aliphatic carbocycles.